The zero-order valence-electron chi connectivity index (χ0n) is 17.2. The monoisotopic (exact) mass is 437 g/mol. The van der Waals surface area contributed by atoms with Crippen molar-refractivity contribution in [2.75, 3.05) is 23.3 Å². The molecule has 164 valence electrons. The molecule has 3 aromatic rings. The van der Waals surface area contributed by atoms with E-state index in [4.69, 9.17) is 4.74 Å². The Morgan fingerprint density at radius 3 is 2.81 bits per heavy atom. The van der Waals surface area contributed by atoms with Gasteiger partial charge in [-0.25, -0.2) is 24.1 Å². The van der Waals surface area contributed by atoms with E-state index < -0.39 is 11.7 Å². The van der Waals surface area contributed by atoms with Gasteiger partial charge in [-0.2, -0.15) is 0 Å². The molecule has 2 aliphatic heterocycles. The minimum atomic E-state index is -0.530. The van der Waals surface area contributed by atoms with Gasteiger partial charge in [-0.15, -0.1) is 0 Å². The van der Waals surface area contributed by atoms with E-state index in [2.05, 4.69) is 20.3 Å². The van der Waals surface area contributed by atoms with E-state index in [-0.39, 0.29) is 35.3 Å². The van der Waals surface area contributed by atoms with Crippen LogP contribution in [0.4, 0.5) is 20.7 Å². The van der Waals surface area contributed by atoms with Gasteiger partial charge in [0.1, 0.15) is 17.6 Å². The van der Waals surface area contributed by atoms with Crippen LogP contribution in [0.1, 0.15) is 29.0 Å². The molecule has 1 saturated carbocycles. The van der Waals surface area contributed by atoms with Crippen molar-refractivity contribution >= 4 is 29.2 Å². The predicted octanol–water partition coefficient (Wildman–Crippen LogP) is 2.00. The standard InChI is InChI=1S/C21H20FN7O3/c1-11-7-28-8-12(4-14(22)19(28)25-11)26-20(30)15-5-24-18(6-23-15)27-9-16-17(10-27)32-21(31)29(16)13-2-3-13/h4-8,13,16-17H,2-3,9-10H2,1H3,(H,26,30)/t16-,17+/m1/s1. The quantitative estimate of drug-likeness (QED) is 0.666. The molecule has 1 N–H and O–H groups in total. The van der Waals surface area contributed by atoms with Gasteiger partial charge in [0.2, 0.25) is 0 Å². The molecule has 0 spiro atoms. The smallest absolute Gasteiger partial charge is 0.410 e. The van der Waals surface area contributed by atoms with Gasteiger partial charge in [0.05, 0.1) is 36.4 Å². The molecule has 32 heavy (non-hydrogen) atoms. The van der Waals surface area contributed by atoms with E-state index in [9.17, 15) is 14.0 Å². The van der Waals surface area contributed by atoms with Crippen molar-refractivity contribution in [1.82, 2.24) is 24.3 Å². The molecule has 0 bridgehead atoms. The van der Waals surface area contributed by atoms with Crippen LogP contribution in [0.5, 0.6) is 0 Å². The third kappa shape index (κ3) is 3.12. The number of aryl methyl sites for hydroxylation is 1. The summed E-state index contributed by atoms with van der Waals surface area (Å²) in [6, 6.07) is 1.54. The second-order valence-electron chi connectivity index (χ2n) is 8.44. The number of nitrogens with zero attached hydrogens (tertiary/aromatic N) is 6. The van der Waals surface area contributed by atoms with Gasteiger partial charge in [0.25, 0.3) is 5.91 Å². The Bertz CT molecular complexity index is 1240. The van der Waals surface area contributed by atoms with E-state index in [0.717, 1.165) is 12.8 Å². The van der Waals surface area contributed by atoms with Gasteiger partial charge < -0.3 is 19.4 Å². The number of pyridine rings is 1. The molecule has 11 heteroatoms. The van der Waals surface area contributed by atoms with Gasteiger partial charge in [0, 0.05) is 31.0 Å². The SMILES string of the molecule is Cc1cn2cc(NC(=O)c3cnc(N4C[C@@H]5OC(=O)N(C6CC6)[C@@H]5C4)cn3)cc(F)c2n1. The third-order valence-electron chi connectivity index (χ3n) is 6.08. The molecule has 3 aliphatic rings. The fourth-order valence-electron chi connectivity index (χ4n) is 4.47. The number of carbonyl (C=O) groups excluding carboxylic acids is 2. The first-order valence-corrected chi connectivity index (χ1v) is 10.5. The van der Waals surface area contributed by atoms with E-state index in [1.54, 1.807) is 19.3 Å². The molecule has 6 rings (SSSR count). The average molecular weight is 437 g/mol. The summed E-state index contributed by atoms with van der Waals surface area (Å²) >= 11 is 0. The molecule has 5 heterocycles. The Hall–Kier alpha value is -3.76. The van der Waals surface area contributed by atoms with Crippen molar-refractivity contribution in [3.05, 3.63) is 48.1 Å². The molecule has 0 aromatic carbocycles. The van der Waals surface area contributed by atoms with Crippen LogP contribution in [0.3, 0.4) is 0 Å². The molecule has 0 radical (unpaired) electrons. The summed E-state index contributed by atoms with van der Waals surface area (Å²) in [4.78, 5) is 41.2. The first-order chi connectivity index (χ1) is 15.5. The van der Waals surface area contributed by atoms with Crippen molar-refractivity contribution in [3.8, 4) is 0 Å². The maximum atomic E-state index is 14.2. The number of halogens is 1. The Kier molecular flexibility index (Phi) is 4.07. The van der Waals surface area contributed by atoms with Crippen molar-refractivity contribution in [3.63, 3.8) is 0 Å². The summed E-state index contributed by atoms with van der Waals surface area (Å²) in [5.74, 6) is -0.409. The van der Waals surface area contributed by atoms with Crippen LogP contribution >= 0.6 is 0 Å². The lowest BCUT2D eigenvalue weighted by Gasteiger charge is -2.22. The van der Waals surface area contributed by atoms with Crippen LogP contribution in [0, 0.1) is 12.7 Å². The Labute approximate surface area is 182 Å². The first-order valence-electron chi connectivity index (χ1n) is 10.5. The predicted molar refractivity (Wildman–Crippen MR) is 111 cm³/mol. The number of ether oxygens (including phenoxy) is 1. The van der Waals surface area contributed by atoms with Crippen LogP contribution in [0.25, 0.3) is 5.65 Å². The Morgan fingerprint density at radius 2 is 2.06 bits per heavy atom. The molecule has 10 nitrogen and oxygen atoms in total. The van der Waals surface area contributed by atoms with Crippen LogP contribution in [-0.4, -0.2) is 67.5 Å². The highest BCUT2D eigenvalue weighted by Crippen LogP contribution is 2.37. The largest absolute Gasteiger partial charge is 0.442 e. The summed E-state index contributed by atoms with van der Waals surface area (Å²) in [5, 5.41) is 2.64. The number of hydrogen-bond acceptors (Lipinski definition) is 7. The molecule has 2 amide bonds. The summed E-state index contributed by atoms with van der Waals surface area (Å²) < 4.78 is 21.3. The lowest BCUT2D eigenvalue weighted by atomic mass is 10.2. The zero-order valence-corrected chi connectivity index (χ0v) is 17.2. The molecule has 1 aliphatic carbocycles. The number of nitrogens with one attached hydrogen (secondary N) is 1. The molecule has 2 saturated heterocycles. The molecule has 3 aromatic heterocycles. The van der Waals surface area contributed by atoms with Crippen molar-refractivity contribution in [1.29, 1.82) is 0 Å². The molecule has 0 unspecified atom stereocenters. The number of anilines is 2. The summed E-state index contributed by atoms with van der Waals surface area (Å²) in [6.07, 6.45) is 7.84. The topological polar surface area (TPSA) is 105 Å². The van der Waals surface area contributed by atoms with Crippen LogP contribution in [0.2, 0.25) is 0 Å². The van der Waals surface area contributed by atoms with Crippen molar-refractivity contribution < 1.29 is 18.7 Å². The fraction of sp³-hybridized carbons (Fsp3) is 0.381. The number of aromatic nitrogens is 4. The highest BCUT2D eigenvalue weighted by Gasteiger charge is 2.52. The lowest BCUT2D eigenvalue weighted by Crippen LogP contribution is -2.39. The summed E-state index contributed by atoms with van der Waals surface area (Å²) in [7, 11) is 0. The fourth-order valence-corrected chi connectivity index (χ4v) is 4.47. The molecular formula is C21H20FN7O3. The van der Waals surface area contributed by atoms with Gasteiger partial charge >= 0.3 is 6.09 Å². The van der Waals surface area contributed by atoms with Crippen molar-refractivity contribution in [2.24, 2.45) is 0 Å². The highest BCUT2D eigenvalue weighted by atomic mass is 19.1. The number of rotatable bonds is 4. The summed E-state index contributed by atoms with van der Waals surface area (Å²) in [6.45, 7) is 2.93. The number of hydrogen-bond donors (Lipinski definition) is 1. The molecule has 2 atom stereocenters. The van der Waals surface area contributed by atoms with Gasteiger partial charge in [0.15, 0.2) is 11.5 Å². The minimum Gasteiger partial charge on any atom is -0.442 e. The maximum Gasteiger partial charge on any atom is 0.410 e. The van der Waals surface area contributed by atoms with Gasteiger partial charge in [-0.05, 0) is 19.8 Å². The number of amides is 2. The van der Waals surface area contributed by atoms with Crippen LogP contribution in [0.15, 0.2) is 30.9 Å². The number of imidazole rings is 1. The van der Waals surface area contributed by atoms with Crippen molar-refractivity contribution in [2.45, 2.75) is 38.0 Å². The second-order valence-corrected chi connectivity index (χ2v) is 8.44. The maximum absolute atomic E-state index is 14.2. The minimum absolute atomic E-state index is 0.0244. The number of carbonyl (C=O) groups is 2. The van der Waals surface area contributed by atoms with Gasteiger partial charge in [-0.1, -0.05) is 0 Å². The van der Waals surface area contributed by atoms with E-state index >= 15 is 0 Å². The van der Waals surface area contributed by atoms with Gasteiger partial charge in [-0.3, -0.25) is 9.69 Å². The highest BCUT2D eigenvalue weighted by molar-refractivity contribution is 6.02. The number of fused-ring (bicyclic) bond motifs is 2. The summed E-state index contributed by atoms with van der Waals surface area (Å²) in [5.41, 5.74) is 1.28. The zero-order chi connectivity index (χ0) is 22.0. The van der Waals surface area contributed by atoms with E-state index in [1.165, 1.54) is 22.9 Å². The second kappa shape index (κ2) is 6.87. The Morgan fingerprint density at radius 1 is 1.22 bits per heavy atom. The molecule has 3 fully saturated rings. The van der Waals surface area contributed by atoms with Crippen LogP contribution < -0.4 is 10.2 Å². The van der Waals surface area contributed by atoms with E-state index in [0.29, 0.717) is 30.6 Å². The van der Waals surface area contributed by atoms with E-state index in [1.807, 2.05) is 9.80 Å². The van der Waals surface area contributed by atoms with Crippen LogP contribution in [-0.2, 0) is 4.74 Å². The lowest BCUT2D eigenvalue weighted by molar-refractivity contribution is 0.102. The Balaban J connectivity index is 1.15. The molecular weight excluding hydrogens is 417 g/mol. The average Bonchev–Trinajstić information content (AvgIpc) is 3.27. The third-order valence-corrected chi connectivity index (χ3v) is 6.08. The first kappa shape index (κ1) is 19.0. The normalized spacial score (nSPS) is 22.4.